The molecule has 0 saturated heterocycles. The van der Waals surface area contributed by atoms with Crippen LogP contribution in [0.1, 0.15) is 29.9 Å². The second kappa shape index (κ2) is 9.77. The van der Waals surface area contributed by atoms with Gasteiger partial charge in [0.25, 0.3) is 0 Å². The maximum atomic E-state index is 12.0. The first-order valence-electron chi connectivity index (χ1n) is 8.24. The lowest BCUT2D eigenvalue weighted by Crippen LogP contribution is -3.10. The predicted octanol–water partition coefficient (Wildman–Crippen LogP) is 3.26. The van der Waals surface area contributed by atoms with E-state index in [1.165, 1.54) is 16.0 Å². The maximum absolute atomic E-state index is 12.0. The van der Waals surface area contributed by atoms with Crippen LogP contribution in [0.3, 0.4) is 0 Å². The summed E-state index contributed by atoms with van der Waals surface area (Å²) in [5.41, 5.74) is 2.50. The number of nitrogens with one attached hydrogen (secondary N) is 2. The molecule has 0 atom stereocenters. The molecule has 24 heavy (non-hydrogen) atoms. The molecule has 1 aromatic carbocycles. The molecule has 0 saturated carbocycles. The summed E-state index contributed by atoms with van der Waals surface area (Å²) in [5, 5.41) is 2.98. The highest BCUT2D eigenvalue weighted by Gasteiger charge is 2.09. The first-order chi connectivity index (χ1) is 11.6. The van der Waals surface area contributed by atoms with Crippen molar-refractivity contribution in [2.75, 3.05) is 13.1 Å². The van der Waals surface area contributed by atoms with E-state index in [9.17, 15) is 4.79 Å². The van der Waals surface area contributed by atoms with E-state index in [-0.39, 0.29) is 5.91 Å². The molecule has 1 amide bonds. The lowest BCUT2D eigenvalue weighted by atomic mass is 10.1. The Hall–Kier alpha value is -1.43. The topological polar surface area (TPSA) is 33.5 Å². The third kappa shape index (κ3) is 5.89. The molecule has 0 spiro atoms. The average Bonchev–Trinajstić information content (AvgIpc) is 3.02. The summed E-state index contributed by atoms with van der Waals surface area (Å²) < 4.78 is 1.07. The van der Waals surface area contributed by atoms with Gasteiger partial charge < -0.3 is 10.2 Å². The van der Waals surface area contributed by atoms with Gasteiger partial charge in [-0.2, -0.15) is 0 Å². The van der Waals surface area contributed by atoms with E-state index in [1.54, 1.807) is 17.4 Å². The highest BCUT2D eigenvalue weighted by atomic mass is 79.9. The van der Waals surface area contributed by atoms with Gasteiger partial charge in [-0.05, 0) is 53.5 Å². The quantitative estimate of drug-likeness (QED) is 0.646. The molecule has 1 aromatic heterocycles. The summed E-state index contributed by atoms with van der Waals surface area (Å²) in [6, 6.07) is 12.3. The van der Waals surface area contributed by atoms with Crippen molar-refractivity contribution in [3.05, 3.63) is 62.3 Å². The van der Waals surface area contributed by atoms with Gasteiger partial charge in [-0.3, -0.25) is 4.79 Å². The standard InChI is InChI=1S/C19H23BrN2OS/c1-3-22(4-2)14-16-8-6-5-7-15(16)13-21-19(23)12-10-17-9-11-18(20)24-17/h5-12H,3-4,13-14H2,1-2H3,(H,21,23)/p+1/b12-10+. The highest BCUT2D eigenvalue weighted by Crippen LogP contribution is 2.22. The number of benzene rings is 1. The van der Waals surface area contributed by atoms with Gasteiger partial charge in [0, 0.05) is 23.1 Å². The SMILES string of the molecule is CC[NH+](CC)Cc1ccccc1CNC(=O)/C=C/c1ccc(Br)s1. The second-order valence-corrected chi connectivity index (χ2v) is 8.09. The molecule has 0 aliphatic rings. The second-order valence-electron chi connectivity index (χ2n) is 5.60. The molecule has 3 nitrogen and oxygen atoms in total. The first-order valence-corrected chi connectivity index (χ1v) is 9.85. The Kier molecular flexibility index (Phi) is 7.69. The molecular formula is C19H24BrN2OS+. The smallest absolute Gasteiger partial charge is 0.244 e. The van der Waals surface area contributed by atoms with Crippen LogP contribution < -0.4 is 10.2 Å². The molecule has 0 aliphatic heterocycles. The fourth-order valence-electron chi connectivity index (χ4n) is 2.49. The van der Waals surface area contributed by atoms with Crippen LogP contribution in [0.25, 0.3) is 6.08 Å². The molecule has 2 N–H and O–H groups in total. The van der Waals surface area contributed by atoms with Gasteiger partial charge in [-0.15, -0.1) is 11.3 Å². The molecule has 128 valence electrons. The Morgan fingerprint density at radius 3 is 2.50 bits per heavy atom. The number of quaternary nitrogens is 1. The number of halogens is 1. The van der Waals surface area contributed by atoms with Gasteiger partial charge in [0.15, 0.2) is 0 Å². The van der Waals surface area contributed by atoms with Crippen LogP contribution in [0.15, 0.2) is 46.3 Å². The van der Waals surface area contributed by atoms with Crippen molar-refractivity contribution in [1.82, 2.24) is 5.32 Å². The Balaban J connectivity index is 1.93. The van der Waals surface area contributed by atoms with E-state index < -0.39 is 0 Å². The van der Waals surface area contributed by atoms with E-state index in [4.69, 9.17) is 0 Å². The zero-order valence-electron chi connectivity index (χ0n) is 14.1. The first kappa shape index (κ1) is 18.9. The number of rotatable bonds is 8. The minimum atomic E-state index is -0.0653. The summed E-state index contributed by atoms with van der Waals surface area (Å²) in [5.74, 6) is -0.0653. The monoisotopic (exact) mass is 407 g/mol. The summed E-state index contributed by atoms with van der Waals surface area (Å²) >= 11 is 5.03. The van der Waals surface area contributed by atoms with Gasteiger partial charge in [-0.25, -0.2) is 0 Å². The molecule has 0 fully saturated rings. The summed E-state index contributed by atoms with van der Waals surface area (Å²) in [6.07, 6.45) is 3.44. The average molecular weight is 408 g/mol. The lowest BCUT2D eigenvalue weighted by molar-refractivity contribution is -0.910. The molecule has 0 unspecified atom stereocenters. The fraction of sp³-hybridized carbons (Fsp3) is 0.316. The number of thiophene rings is 1. The van der Waals surface area contributed by atoms with Crippen LogP contribution >= 0.6 is 27.3 Å². The summed E-state index contributed by atoms with van der Waals surface area (Å²) in [4.78, 5) is 14.6. The van der Waals surface area contributed by atoms with E-state index in [1.807, 2.05) is 24.3 Å². The number of carbonyl (C=O) groups excluding carboxylic acids is 1. The molecule has 0 bridgehead atoms. The third-order valence-corrected chi connectivity index (χ3v) is 5.59. The van der Waals surface area contributed by atoms with Crippen molar-refractivity contribution >= 4 is 39.2 Å². The van der Waals surface area contributed by atoms with Crippen LogP contribution in [-0.4, -0.2) is 19.0 Å². The minimum absolute atomic E-state index is 0.0653. The Morgan fingerprint density at radius 1 is 1.17 bits per heavy atom. The molecule has 0 radical (unpaired) electrons. The van der Waals surface area contributed by atoms with E-state index in [0.29, 0.717) is 6.54 Å². The molecule has 1 heterocycles. The van der Waals surface area contributed by atoms with Crippen molar-refractivity contribution in [2.24, 2.45) is 0 Å². The van der Waals surface area contributed by atoms with Gasteiger partial charge in [-0.1, -0.05) is 24.3 Å². The van der Waals surface area contributed by atoms with Gasteiger partial charge in [0.2, 0.25) is 5.91 Å². The third-order valence-electron chi connectivity index (χ3n) is 4.00. The van der Waals surface area contributed by atoms with Crippen molar-refractivity contribution in [3.63, 3.8) is 0 Å². The van der Waals surface area contributed by atoms with Crippen LogP contribution in [0, 0.1) is 0 Å². The van der Waals surface area contributed by atoms with Gasteiger partial charge in [0.1, 0.15) is 6.54 Å². The van der Waals surface area contributed by atoms with Crippen LogP contribution in [0.5, 0.6) is 0 Å². The summed E-state index contributed by atoms with van der Waals surface area (Å²) in [7, 11) is 0. The molecule has 2 rings (SSSR count). The fourth-order valence-corrected chi connectivity index (χ4v) is 3.82. The molecule has 2 aromatic rings. The number of carbonyl (C=O) groups is 1. The van der Waals surface area contributed by atoms with Gasteiger partial charge >= 0.3 is 0 Å². The number of hydrogen-bond donors (Lipinski definition) is 2. The Morgan fingerprint density at radius 2 is 1.88 bits per heavy atom. The van der Waals surface area contributed by atoms with Crippen LogP contribution in [0.4, 0.5) is 0 Å². The van der Waals surface area contributed by atoms with E-state index in [0.717, 1.165) is 28.3 Å². The largest absolute Gasteiger partial charge is 0.348 e. The van der Waals surface area contributed by atoms with Crippen molar-refractivity contribution in [3.8, 4) is 0 Å². The van der Waals surface area contributed by atoms with Crippen LogP contribution in [-0.2, 0) is 17.9 Å². The summed E-state index contributed by atoms with van der Waals surface area (Å²) in [6.45, 7) is 8.19. The number of hydrogen-bond acceptors (Lipinski definition) is 2. The zero-order valence-corrected chi connectivity index (χ0v) is 16.5. The van der Waals surface area contributed by atoms with Crippen molar-refractivity contribution in [2.45, 2.75) is 26.9 Å². The normalized spacial score (nSPS) is 11.3. The van der Waals surface area contributed by atoms with Crippen LogP contribution in [0.2, 0.25) is 0 Å². The van der Waals surface area contributed by atoms with Crippen molar-refractivity contribution in [1.29, 1.82) is 0 Å². The minimum Gasteiger partial charge on any atom is -0.348 e. The zero-order chi connectivity index (χ0) is 17.4. The van der Waals surface area contributed by atoms with E-state index >= 15 is 0 Å². The molecular weight excluding hydrogens is 384 g/mol. The molecule has 5 heteroatoms. The lowest BCUT2D eigenvalue weighted by Gasteiger charge is -2.17. The van der Waals surface area contributed by atoms with Crippen molar-refractivity contribution < 1.29 is 9.69 Å². The Labute approximate surface area is 156 Å². The van der Waals surface area contributed by atoms with Gasteiger partial charge in [0.05, 0.1) is 16.9 Å². The number of amides is 1. The molecule has 0 aliphatic carbocycles. The highest BCUT2D eigenvalue weighted by molar-refractivity contribution is 9.11. The maximum Gasteiger partial charge on any atom is 0.244 e. The predicted molar refractivity (Wildman–Crippen MR) is 105 cm³/mol. The Bertz CT molecular complexity index is 692. The van der Waals surface area contributed by atoms with E-state index in [2.05, 4.69) is 53.3 Å².